The van der Waals surface area contributed by atoms with E-state index in [4.69, 9.17) is 20.8 Å². The van der Waals surface area contributed by atoms with Crippen LogP contribution in [0.1, 0.15) is 5.69 Å². The highest BCUT2D eigenvalue weighted by atomic mass is 32.2. The van der Waals surface area contributed by atoms with E-state index in [1.54, 1.807) is 0 Å². The molecule has 2 aliphatic heterocycles. The number of primary amides is 1. The normalized spacial score (nSPS) is 19.7. The fourth-order valence-corrected chi connectivity index (χ4v) is 6.17. The summed E-state index contributed by atoms with van der Waals surface area (Å²) in [6.45, 7) is 1.29. The molecule has 3 rings (SSSR count). The lowest BCUT2D eigenvalue weighted by Gasteiger charge is -2.49. The van der Waals surface area contributed by atoms with Gasteiger partial charge >= 0.3 is 17.8 Å². The maximum absolute atomic E-state index is 13.1. The molecule has 3 atom stereocenters. The summed E-state index contributed by atoms with van der Waals surface area (Å²) < 4.78 is 4.96. The molecular weight excluding hydrogens is 567 g/mol. The molecule has 2 aliphatic rings. The summed E-state index contributed by atoms with van der Waals surface area (Å²) in [4.78, 5) is 74.0. The van der Waals surface area contributed by atoms with Gasteiger partial charge < -0.3 is 26.1 Å². The molecule has 0 aromatic carbocycles. The van der Waals surface area contributed by atoms with Gasteiger partial charge in [0.25, 0.3) is 11.8 Å². The molecule has 0 radical (unpaired) electrons. The SMILES string of the molecule is CO/N=C(\C(=O)N[C@@H]1C(=O)N2C(C(=O)OP(C)#N)=C(CSC=NC(=O)C(N)=O)CS[C@H]12)c1csc(N)n1. The minimum atomic E-state index is -2.07. The quantitative estimate of drug-likeness (QED) is 0.0878. The molecule has 196 valence electrons. The third-order valence-electron chi connectivity index (χ3n) is 4.62. The van der Waals surface area contributed by atoms with Crippen LogP contribution >= 0.6 is 42.6 Å². The van der Waals surface area contributed by atoms with Gasteiger partial charge in [0.05, 0.1) is 5.55 Å². The van der Waals surface area contributed by atoms with Gasteiger partial charge in [0.15, 0.2) is 10.8 Å². The van der Waals surface area contributed by atoms with Crippen molar-refractivity contribution in [2.24, 2.45) is 15.9 Å². The summed E-state index contributed by atoms with van der Waals surface area (Å²) in [5.41, 5.74) is 11.9. The molecule has 1 unspecified atom stereocenters. The molecule has 0 saturated carbocycles. The molecule has 0 aliphatic carbocycles. The van der Waals surface area contributed by atoms with Gasteiger partial charge in [-0.1, -0.05) is 5.16 Å². The predicted molar refractivity (Wildman–Crippen MR) is 138 cm³/mol. The molecule has 1 saturated heterocycles. The monoisotopic (exact) mass is 586 g/mol. The lowest BCUT2D eigenvalue weighted by Crippen LogP contribution is -2.71. The van der Waals surface area contributed by atoms with Crippen LogP contribution < -0.4 is 16.8 Å². The molecule has 1 fully saturated rings. The van der Waals surface area contributed by atoms with Crippen LogP contribution in [0.3, 0.4) is 0 Å². The zero-order valence-corrected chi connectivity index (χ0v) is 22.5. The number of nitrogens with one attached hydrogen (secondary N) is 1. The Morgan fingerprint density at radius 3 is 2.76 bits per heavy atom. The van der Waals surface area contributed by atoms with Crippen molar-refractivity contribution in [3.05, 3.63) is 22.3 Å². The number of carbonyl (C=O) groups is 5. The van der Waals surface area contributed by atoms with Crippen molar-refractivity contribution in [3.8, 4) is 0 Å². The summed E-state index contributed by atoms with van der Waals surface area (Å²) in [6.07, 6.45) is 0. The molecule has 0 spiro atoms. The second-order valence-corrected chi connectivity index (χ2v) is 11.0. The lowest BCUT2D eigenvalue weighted by atomic mass is 10.0. The Morgan fingerprint density at radius 2 is 2.16 bits per heavy atom. The summed E-state index contributed by atoms with van der Waals surface area (Å²) in [5.74, 6) is -4.22. The number of oxime groups is 1. The Morgan fingerprint density at radius 1 is 1.43 bits per heavy atom. The topological polar surface area (TPSA) is 233 Å². The first kappa shape index (κ1) is 28.1. The van der Waals surface area contributed by atoms with Gasteiger partial charge in [-0.2, -0.15) is 5.00 Å². The summed E-state index contributed by atoms with van der Waals surface area (Å²) in [6, 6.07) is -1.00. The number of aromatic nitrogens is 1. The number of aliphatic imine (C=N–C) groups is 1. The zero-order chi connectivity index (χ0) is 27.3. The van der Waals surface area contributed by atoms with E-state index in [0.717, 1.165) is 28.6 Å². The molecule has 5 N–H and O–H groups in total. The number of fused-ring (bicyclic) bond motifs is 1. The summed E-state index contributed by atoms with van der Waals surface area (Å²) >= 11 is 3.35. The van der Waals surface area contributed by atoms with Gasteiger partial charge in [0.1, 0.15) is 29.9 Å². The van der Waals surface area contributed by atoms with E-state index in [9.17, 15) is 29.0 Å². The van der Waals surface area contributed by atoms with Crippen molar-refractivity contribution in [1.82, 2.24) is 15.2 Å². The smallest absolute Gasteiger partial charge is 0.364 e. The number of thiazole rings is 1. The molecule has 15 nitrogen and oxygen atoms in total. The van der Waals surface area contributed by atoms with E-state index in [1.165, 1.54) is 35.8 Å². The lowest BCUT2D eigenvalue weighted by molar-refractivity contribution is -0.149. The maximum atomic E-state index is 13.1. The highest BCUT2D eigenvalue weighted by Gasteiger charge is 2.54. The minimum Gasteiger partial charge on any atom is -0.398 e. The van der Waals surface area contributed by atoms with Gasteiger partial charge in [-0.05, 0) is 5.57 Å². The number of thioether (sulfide) groups is 2. The Hall–Kier alpha value is -3.43. The number of hydrogen-bond acceptors (Lipinski definition) is 14. The third kappa shape index (κ3) is 6.47. The highest BCUT2D eigenvalue weighted by Crippen LogP contribution is 2.42. The fourth-order valence-electron chi connectivity index (χ4n) is 3.13. The number of amides is 4. The van der Waals surface area contributed by atoms with Gasteiger partial charge in [-0.15, -0.1) is 34.9 Å². The largest absolute Gasteiger partial charge is 0.398 e. The molecule has 1 aromatic heterocycles. The first-order chi connectivity index (χ1) is 17.5. The van der Waals surface area contributed by atoms with Crippen LogP contribution in [0, 0.1) is 5.00 Å². The molecule has 1 aromatic rings. The average Bonchev–Trinajstić information content (AvgIpc) is 3.27. The van der Waals surface area contributed by atoms with Gasteiger partial charge in [-0.25, -0.2) is 14.8 Å². The first-order valence-corrected chi connectivity index (χ1v) is 14.6. The molecule has 3 heterocycles. The van der Waals surface area contributed by atoms with Crippen molar-refractivity contribution in [2.45, 2.75) is 11.4 Å². The number of hydrogen-bond donors (Lipinski definition) is 3. The van der Waals surface area contributed by atoms with Gasteiger partial charge in [0.2, 0.25) is 7.78 Å². The average molecular weight is 587 g/mol. The van der Waals surface area contributed by atoms with E-state index in [2.05, 4.69) is 20.4 Å². The van der Waals surface area contributed by atoms with Crippen LogP contribution in [0.15, 0.2) is 26.8 Å². The Labute approximate surface area is 222 Å². The highest BCUT2D eigenvalue weighted by molar-refractivity contribution is 8.12. The zero-order valence-electron chi connectivity index (χ0n) is 19.1. The number of nitrogens with two attached hydrogens (primary N) is 2. The van der Waals surface area contributed by atoms with Crippen molar-refractivity contribution >= 4 is 88.6 Å². The molecule has 19 heteroatoms. The number of nitrogen functional groups attached to an aromatic ring is 1. The van der Waals surface area contributed by atoms with Crippen LogP contribution in [-0.2, 0) is 33.3 Å². The molecule has 37 heavy (non-hydrogen) atoms. The van der Waals surface area contributed by atoms with Gasteiger partial charge in [0, 0.05) is 23.6 Å². The summed E-state index contributed by atoms with van der Waals surface area (Å²) in [7, 11) is -0.827. The molecule has 0 bridgehead atoms. The maximum Gasteiger partial charge on any atom is 0.364 e. The van der Waals surface area contributed by atoms with Crippen LogP contribution in [0.25, 0.3) is 0 Å². The number of rotatable bonds is 8. The van der Waals surface area contributed by atoms with Crippen LogP contribution in [-0.4, -0.2) is 87.4 Å². The first-order valence-electron chi connectivity index (χ1n) is 9.98. The second-order valence-electron chi connectivity index (χ2n) is 7.06. The molecular formula is C18H19N8O7PS3. The summed E-state index contributed by atoms with van der Waals surface area (Å²) in [5, 5.41) is 16.9. The standard InChI is InChI=1S/C18H19N8O7PS3/c1-32-25-9(8-5-37-18(20)23-8)13(28)24-10-15(30)26-11(17(31)33-34(2)21)7(4-36-16(10)26)3-35-6-22-14(29)12(19)27/h5-6,10,16H,3-4H2,1-2H3,(H2,19,27)(H2,20,23)(H,24,28)/b22-6?,25-9-/t10-,16-/m1/s1. The van der Waals surface area contributed by atoms with Gasteiger partial charge in [-0.3, -0.25) is 24.1 Å². The Balaban J connectivity index is 1.79. The van der Waals surface area contributed by atoms with Crippen molar-refractivity contribution in [2.75, 3.05) is 31.0 Å². The number of anilines is 1. The number of nitrogens with zero attached hydrogens (tertiary/aromatic N) is 5. The molecule has 4 amide bonds. The van der Waals surface area contributed by atoms with Crippen molar-refractivity contribution < 1.29 is 33.3 Å². The Bertz CT molecular complexity index is 1320. The van der Waals surface area contributed by atoms with E-state index >= 15 is 0 Å². The van der Waals surface area contributed by atoms with Crippen molar-refractivity contribution in [1.29, 1.82) is 5.00 Å². The third-order valence-corrected chi connectivity index (χ3v) is 7.83. The number of carbonyl (C=O) groups excluding carboxylic acids is 5. The van der Waals surface area contributed by atoms with E-state index in [0.29, 0.717) is 5.57 Å². The second kappa shape index (κ2) is 12.2. The predicted octanol–water partition coefficient (Wildman–Crippen LogP) is -0.448. The fraction of sp³-hybridized carbons (Fsp3) is 0.333. The van der Waals surface area contributed by atoms with E-state index in [-0.39, 0.29) is 33.7 Å². The van der Waals surface area contributed by atoms with Crippen molar-refractivity contribution in [3.63, 3.8) is 0 Å². The van der Waals surface area contributed by atoms with E-state index < -0.39 is 48.8 Å². The number of β-lactam (4-membered cyclic amide) rings is 1. The van der Waals surface area contributed by atoms with Crippen LogP contribution in [0.2, 0.25) is 0 Å². The van der Waals surface area contributed by atoms with E-state index in [1.807, 2.05) is 0 Å². The van der Waals surface area contributed by atoms with Crippen LogP contribution in [0.4, 0.5) is 5.13 Å². The minimum absolute atomic E-state index is 0.0807. The Kier molecular flexibility index (Phi) is 9.29. The van der Waals surface area contributed by atoms with Crippen LogP contribution in [0.5, 0.6) is 0 Å².